The number of hydrogen-bond acceptors (Lipinski definition) is 10. The van der Waals surface area contributed by atoms with Gasteiger partial charge in [-0.1, -0.05) is 96.3 Å². The Morgan fingerprint density at radius 3 is 0.690 bits per heavy atom. The van der Waals surface area contributed by atoms with E-state index in [9.17, 15) is 0 Å². The van der Waals surface area contributed by atoms with Crippen LogP contribution in [0, 0.1) is 0 Å². The fourth-order valence-electron chi connectivity index (χ4n) is 3.48. The van der Waals surface area contributed by atoms with E-state index in [-0.39, 0.29) is 0 Å². The van der Waals surface area contributed by atoms with E-state index in [4.69, 9.17) is 0 Å². The average molecular weight is 417 g/mol. The molecule has 0 bridgehead atoms. The third-order valence-electron chi connectivity index (χ3n) is 5.22. The van der Waals surface area contributed by atoms with Crippen molar-refractivity contribution in [2.24, 2.45) is 0 Å². The van der Waals surface area contributed by atoms with Gasteiger partial charge in [-0.3, -0.25) is 0 Å². The van der Waals surface area contributed by atoms with Crippen molar-refractivity contribution in [3.05, 3.63) is 0 Å². The highest BCUT2D eigenvalue weighted by molar-refractivity contribution is 4.51. The molecule has 29 heavy (non-hydrogen) atoms. The van der Waals surface area contributed by atoms with Crippen LogP contribution >= 0.6 is 0 Å². The van der Waals surface area contributed by atoms with Gasteiger partial charge >= 0.3 is 0 Å². The molecule has 10 heteroatoms. The van der Waals surface area contributed by atoms with Crippen molar-refractivity contribution in [3.8, 4) is 0 Å². The van der Waals surface area contributed by atoms with Crippen molar-refractivity contribution in [2.45, 2.75) is 109 Å². The quantitative estimate of drug-likeness (QED) is 0.286. The Morgan fingerprint density at radius 2 is 0.414 bits per heavy atom. The minimum absolute atomic E-state index is 0.942. The minimum Gasteiger partial charge on any atom is -0.243 e. The fourth-order valence-corrected chi connectivity index (χ4v) is 3.48. The van der Waals surface area contributed by atoms with Gasteiger partial charge in [-0.05, 0) is 12.8 Å². The van der Waals surface area contributed by atoms with Gasteiger partial charge in [0.25, 0.3) is 0 Å². The Labute approximate surface area is 178 Å². The third-order valence-corrected chi connectivity index (χ3v) is 5.22. The minimum atomic E-state index is 0.942. The Hall–Kier alpha value is -0.400. The van der Waals surface area contributed by atoms with E-state index >= 15 is 0 Å². The van der Waals surface area contributed by atoms with Crippen molar-refractivity contribution in [1.82, 2.24) is 55.1 Å². The average Bonchev–Trinajstić information content (AvgIpc) is 2.73. The molecule has 0 aliphatic carbocycles. The lowest BCUT2D eigenvalue weighted by atomic mass is 10.0. The molecule has 0 aromatic rings. The van der Waals surface area contributed by atoms with E-state index in [1.54, 1.807) is 0 Å². The molecule has 0 aromatic heterocycles. The predicted molar refractivity (Wildman–Crippen MR) is 120 cm³/mol. The zero-order valence-corrected chi connectivity index (χ0v) is 18.4. The van der Waals surface area contributed by atoms with Crippen molar-refractivity contribution in [2.75, 3.05) is 13.1 Å². The first-order valence-corrected chi connectivity index (χ1v) is 12.0. The molecule has 1 rings (SSSR count). The molecule has 10 nitrogen and oxygen atoms in total. The monoisotopic (exact) mass is 416 g/mol. The molecule has 1 aliphatic rings. The van der Waals surface area contributed by atoms with Crippen molar-refractivity contribution in [3.63, 3.8) is 0 Å². The number of hydrogen-bond donors (Lipinski definition) is 10. The lowest BCUT2D eigenvalue weighted by Gasteiger charge is -2.13. The van der Waals surface area contributed by atoms with Gasteiger partial charge in [0.15, 0.2) is 0 Å². The molecule has 1 heterocycles. The first kappa shape index (κ1) is 26.6. The molecule has 0 aromatic carbocycles. The Kier molecular flexibility index (Phi) is 21.9. The molecule has 1 aliphatic heterocycles. The van der Waals surface area contributed by atoms with E-state index in [1.807, 2.05) is 0 Å². The van der Waals surface area contributed by atoms with Crippen LogP contribution < -0.4 is 55.1 Å². The van der Waals surface area contributed by atoms with E-state index in [0.29, 0.717) is 0 Å². The number of rotatable bonds is 0. The van der Waals surface area contributed by atoms with Crippen LogP contribution in [0.1, 0.15) is 109 Å². The van der Waals surface area contributed by atoms with E-state index < -0.39 is 0 Å². The topological polar surface area (TPSA) is 120 Å². The highest BCUT2D eigenvalue weighted by Crippen LogP contribution is 2.13. The molecule has 0 spiro atoms. The van der Waals surface area contributed by atoms with Crippen molar-refractivity contribution in [1.29, 1.82) is 0 Å². The maximum Gasteiger partial charge on any atom is 0.0113 e. The second kappa shape index (κ2) is 23.9. The first-order valence-electron chi connectivity index (χ1n) is 12.0. The van der Waals surface area contributed by atoms with Crippen LogP contribution in [0.2, 0.25) is 0 Å². The van der Waals surface area contributed by atoms with Crippen LogP contribution in [0.3, 0.4) is 0 Å². The summed E-state index contributed by atoms with van der Waals surface area (Å²) in [5, 5.41) is 0. The summed E-state index contributed by atoms with van der Waals surface area (Å²) in [5.41, 5.74) is 28.4. The van der Waals surface area contributed by atoms with Crippen LogP contribution in [0.4, 0.5) is 0 Å². The summed E-state index contributed by atoms with van der Waals surface area (Å²) < 4.78 is 0. The van der Waals surface area contributed by atoms with Crippen LogP contribution in [-0.4, -0.2) is 13.1 Å². The summed E-state index contributed by atoms with van der Waals surface area (Å²) in [5.74, 6) is 0. The first-order chi connectivity index (χ1) is 14.5. The molecule has 10 N–H and O–H groups in total. The zero-order valence-electron chi connectivity index (χ0n) is 18.4. The summed E-state index contributed by atoms with van der Waals surface area (Å²) in [6, 6.07) is 0. The van der Waals surface area contributed by atoms with Gasteiger partial charge in [-0.25, -0.2) is 10.9 Å². The predicted octanol–water partition coefficient (Wildman–Crippen LogP) is 1.76. The van der Waals surface area contributed by atoms with Crippen molar-refractivity contribution < 1.29 is 0 Å². The lowest BCUT2D eigenvalue weighted by molar-refractivity contribution is 0.232. The van der Waals surface area contributed by atoms with Gasteiger partial charge in [0.1, 0.15) is 0 Å². The van der Waals surface area contributed by atoms with Crippen molar-refractivity contribution >= 4 is 0 Å². The molecule has 1 fully saturated rings. The van der Waals surface area contributed by atoms with Crippen LogP contribution in [0.5, 0.6) is 0 Å². The molecule has 0 amide bonds. The van der Waals surface area contributed by atoms with E-state index in [2.05, 4.69) is 55.1 Å². The molecule has 174 valence electrons. The molecule has 0 unspecified atom stereocenters. The van der Waals surface area contributed by atoms with Crippen LogP contribution in [0.15, 0.2) is 0 Å². The highest BCUT2D eigenvalue weighted by Gasteiger charge is 1.95. The van der Waals surface area contributed by atoms with Gasteiger partial charge < -0.3 is 0 Å². The van der Waals surface area contributed by atoms with E-state index in [0.717, 1.165) is 13.1 Å². The van der Waals surface area contributed by atoms with Gasteiger partial charge in [-0.15, -0.1) is 0 Å². The summed E-state index contributed by atoms with van der Waals surface area (Å²) in [6.07, 6.45) is 23.2. The Morgan fingerprint density at radius 1 is 0.207 bits per heavy atom. The van der Waals surface area contributed by atoms with Gasteiger partial charge in [0.05, 0.1) is 0 Å². The summed E-state index contributed by atoms with van der Waals surface area (Å²) >= 11 is 0. The fraction of sp³-hybridized carbons (Fsp3) is 1.00. The SMILES string of the molecule is C1CCCCCCCCCNNNNNNNNNNCCCCCCCCC1. The second-order valence-electron chi connectivity index (χ2n) is 7.86. The van der Waals surface area contributed by atoms with Gasteiger partial charge in [0, 0.05) is 13.1 Å². The summed E-state index contributed by atoms with van der Waals surface area (Å²) in [4.78, 5) is 0. The summed E-state index contributed by atoms with van der Waals surface area (Å²) in [7, 11) is 0. The Balaban J connectivity index is 2.00. The Bertz CT molecular complexity index is 168. The summed E-state index contributed by atoms with van der Waals surface area (Å²) in [6.45, 7) is 1.88. The molecule has 1 saturated heterocycles. The molecular formula is C19H48N10. The molecule has 0 saturated carbocycles. The maximum absolute atomic E-state index is 3.11. The maximum atomic E-state index is 3.11. The van der Waals surface area contributed by atoms with Crippen LogP contribution in [0.25, 0.3) is 0 Å². The molecular weight excluding hydrogens is 368 g/mol. The zero-order chi connectivity index (χ0) is 20.5. The normalized spacial score (nSPS) is 24.0. The number of hydrazine groups is 9. The highest BCUT2D eigenvalue weighted by atomic mass is 15.9. The lowest BCUT2D eigenvalue weighted by Crippen LogP contribution is -2.65. The largest absolute Gasteiger partial charge is 0.243 e. The number of nitrogens with one attached hydrogen (secondary N) is 10. The van der Waals surface area contributed by atoms with Crippen LogP contribution in [-0.2, 0) is 0 Å². The molecule has 0 atom stereocenters. The second-order valence-corrected chi connectivity index (χ2v) is 7.86. The van der Waals surface area contributed by atoms with Gasteiger partial charge in [-0.2, -0.15) is 44.3 Å². The van der Waals surface area contributed by atoms with Gasteiger partial charge in [0.2, 0.25) is 0 Å². The van der Waals surface area contributed by atoms with E-state index in [1.165, 1.54) is 109 Å². The smallest absolute Gasteiger partial charge is 0.0113 e. The third kappa shape index (κ3) is 22.1. The molecule has 0 radical (unpaired) electrons. The standard InChI is InChI=1S/C19H48N10/c1-2-4-6-8-10-12-14-16-18-20-22-24-26-28-29-27-25-23-21-19-17-15-13-11-9-7-5-3-1/h20-29H,1-19H2.